The predicted molar refractivity (Wildman–Crippen MR) is 119 cm³/mol. The fourth-order valence-electron chi connectivity index (χ4n) is 4.13. The third-order valence-electron chi connectivity index (χ3n) is 6.32. The molecule has 4 aliphatic rings. The maximum absolute atomic E-state index is 5.44. The Balaban J connectivity index is 1.08. The lowest BCUT2D eigenvalue weighted by Gasteiger charge is -2.24. The number of benzene rings is 2. The van der Waals surface area contributed by atoms with E-state index in [2.05, 4.69) is 58.3 Å². The molecule has 4 atom stereocenters. The van der Waals surface area contributed by atoms with Crippen molar-refractivity contribution < 1.29 is 18.9 Å². The topological polar surface area (TPSA) is 56.6 Å². The first-order chi connectivity index (χ1) is 15.3. The van der Waals surface area contributed by atoms with E-state index >= 15 is 0 Å². The normalized spacial score (nSPS) is 27.6. The Hall–Kier alpha value is -2.12. The Kier molecular flexibility index (Phi) is 5.32. The summed E-state index contributed by atoms with van der Waals surface area (Å²) >= 11 is 0. The molecule has 4 fully saturated rings. The van der Waals surface area contributed by atoms with Crippen LogP contribution in [0.1, 0.15) is 11.1 Å². The van der Waals surface area contributed by atoms with Gasteiger partial charge in [0.25, 0.3) is 0 Å². The molecule has 0 saturated carbocycles. The molecule has 0 amide bonds. The van der Waals surface area contributed by atoms with E-state index in [1.54, 1.807) is 0 Å². The van der Waals surface area contributed by atoms with Crippen LogP contribution in [0.4, 0.5) is 11.4 Å². The molecule has 2 aromatic carbocycles. The number of nitrogens with zero attached hydrogens (tertiary/aromatic N) is 2. The monoisotopic (exact) mass is 422 g/mol. The molecule has 6 heteroatoms. The molecule has 6 rings (SSSR count). The van der Waals surface area contributed by atoms with E-state index in [-0.39, 0.29) is 0 Å². The van der Waals surface area contributed by atoms with E-state index in [9.17, 15) is 0 Å². The Morgan fingerprint density at radius 3 is 1.06 bits per heavy atom. The third kappa shape index (κ3) is 5.57. The fourth-order valence-corrected chi connectivity index (χ4v) is 4.13. The molecule has 0 spiro atoms. The van der Waals surface area contributed by atoms with Gasteiger partial charge in [-0.25, -0.2) is 0 Å². The molecule has 0 radical (unpaired) electrons. The molecular formula is C25H30N2O4. The number of anilines is 2. The van der Waals surface area contributed by atoms with Crippen LogP contribution >= 0.6 is 0 Å². The molecule has 0 bridgehead atoms. The van der Waals surface area contributed by atoms with Gasteiger partial charge >= 0.3 is 0 Å². The second kappa shape index (κ2) is 8.43. The van der Waals surface area contributed by atoms with E-state index < -0.39 is 0 Å². The highest BCUT2D eigenvalue weighted by Crippen LogP contribution is 2.25. The van der Waals surface area contributed by atoms with Crippen LogP contribution in [-0.4, -0.2) is 77.0 Å². The van der Waals surface area contributed by atoms with Crippen molar-refractivity contribution in [3.05, 3.63) is 59.7 Å². The van der Waals surface area contributed by atoms with Gasteiger partial charge in [0.1, 0.15) is 0 Å². The van der Waals surface area contributed by atoms with Crippen molar-refractivity contribution in [3.8, 4) is 0 Å². The van der Waals surface area contributed by atoms with E-state index in [0.717, 1.165) is 59.0 Å². The number of hydrogen-bond donors (Lipinski definition) is 0. The number of ether oxygens (including phenoxy) is 4. The van der Waals surface area contributed by atoms with Crippen LogP contribution in [0.25, 0.3) is 0 Å². The minimum atomic E-state index is 0.384. The summed E-state index contributed by atoms with van der Waals surface area (Å²) in [4.78, 5) is 4.80. The van der Waals surface area contributed by atoms with E-state index in [1.165, 1.54) is 22.5 Å². The Morgan fingerprint density at radius 1 is 0.516 bits per heavy atom. The standard InChI is InChI=1S/C25H30N2O4/c1-5-20(26(10-22-14-28-22)11-23-15-29-23)6-2-18(1)9-19-3-7-21(8-4-19)27(12-24-16-30-24)13-25-17-31-25/h1-8,22-25H,9-17H2/t22-,23?,24?,25?/m1/s1. The summed E-state index contributed by atoms with van der Waals surface area (Å²) in [5, 5.41) is 0. The summed E-state index contributed by atoms with van der Waals surface area (Å²) in [5.74, 6) is 0. The second-order valence-electron chi connectivity index (χ2n) is 9.14. The molecule has 31 heavy (non-hydrogen) atoms. The van der Waals surface area contributed by atoms with Crippen LogP contribution in [0.15, 0.2) is 48.5 Å². The summed E-state index contributed by atoms with van der Waals surface area (Å²) in [7, 11) is 0. The maximum Gasteiger partial charge on any atom is 0.0984 e. The minimum Gasteiger partial charge on any atom is -0.371 e. The fraction of sp³-hybridized carbons (Fsp3) is 0.520. The van der Waals surface area contributed by atoms with Crippen LogP contribution in [0.3, 0.4) is 0 Å². The summed E-state index contributed by atoms with van der Waals surface area (Å²) in [6, 6.07) is 17.9. The van der Waals surface area contributed by atoms with Crippen molar-refractivity contribution in [2.75, 3.05) is 62.4 Å². The van der Waals surface area contributed by atoms with Gasteiger partial charge in [0.05, 0.1) is 50.8 Å². The van der Waals surface area contributed by atoms with Crippen molar-refractivity contribution in [1.82, 2.24) is 0 Å². The highest BCUT2D eigenvalue weighted by atomic mass is 16.6. The summed E-state index contributed by atoms with van der Waals surface area (Å²) in [5.41, 5.74) is 5.17. The largest absolute Gasteiger partial charge is 0.371 e. The van der Waals surface area contributed by atoms with Gasteiger partial charge in [0.15, 0.2) is 0 Å². The van der Waals surface area contributed by atoms with Gasteiger partial charge in [-0.05, 0) is 41.8 Å². The summed E-state index contributed by atoms with van der Waals surface area (Å²) in [6.07, 6.45) is 2.48. The Bertz CT molecular complexity index is 770. The van der Waals surface area contributed by atoms with Crippen molar-refractivity contribution in [2.24, 2.45) is 0 Å². The quantitative estimate of drug-likeness (QED) is 0.490. The van der Waals surface area contributed by atoms with Gasteiger partial charge in [0, 0.05) is 37.6 Å². The van der Waals surface area contributed by atoms with E-state index in [4.69, 9.17) is 18.9 Å². The van der Waals surface area contributed by atoms with Crippen LogP contribution in [0, 0.1) is 0 Å². The highest BCUT2D eigenvalue weighted by molar-refractivity contribution is 5.51. The first-order valence-electron chi connectivity index (χ1n) is 11.4. The first kappa shape index (κ1) is 19.6. The molecular weight excluding hydrogens is 392 g/mol. The van der Waals surface area contributed by atoms with Gasteiger partial charge in [-0.15, -0.1) is 0 Å². The van der Waals surface area contributed by atoms with Crippen LogP contribution in [0.5, 0.6) is 0 Å². The molecule has 0 aliphatic carbocycles. The minimum absolute atomic E-state index is 0.384. The molecule has 0 N–H and O–H groups in total. The average molecular weight is 423 g/mol. The zero-order valence-corrected chi connectivity index (χ0v) is 17.8. The smallest absolute Gasteiger partial charge is 0.0984 e. The van der Waals surface area contributed by atoms with Gasteiger partial charge in [-0.2, -0.15) is 0 Å². The van der Waals surface area contributed by atoms with Gasteiger partial charge in [-0.3, -0.25) is 0 Å². The van der Waals surface area contributed by atoms with E-state index in [1.807, 2.05) is 0 Å². The van der Waals surface area contributed by atoms with Crippen molar-refractivity contribution >= 4 is 11.4 Å². The molecule has 164 valence electrons. The lowest BCUT2D eigenvalue weighted by atomic mass is 10.0. The molecule has 4 saturated heterocycles. The number of hydrogen-bond acceptors (Lipinski definition) is 6. The summed E-state index contributed by atoms with van der Waals surface area (Å²) < 4.78 is 21.8. The molecule has 3 unspecified atom stereocenters. The first-order valence-corrected chi connectivity index (χ1v) is 11.4. The molecule has 6 nitrogen and oxygen atoms in total. The van der Waals surface area contributed by atoms with Crippen LogP contribution in [-0.2, 0) is 25.4 Å². The van der Waals surface area contributed by atoms with Gasteiger partial charge in [-0.1, -0.05) is 24.3 Å². The summed E-state index contributed by atoms with van der Waals surface area (Å²) in [6.45, 7) is 7.35. The predicted octanol–water partition coefficient (Wildman–Crippen LogP) is 2.49. The third-order valence-corrected chi connectivity index (χ3v) is 6.32. The number of rotatable bonds is 12. The maximum atomic E-state index is 5.44. The second-order valence-corrected chi connectivity index (χ2v) is 9.14. The molecule has 2 aromatic rings. The molecule has 4 heterocycles. The van der Waals surface area contributed by atoms with Crippen molar-refractivity contribution in [2.45, 2.75) is 30.8 Å². The average Bonchev–Trinajstić information content (AvgIpc) is 3.63. The van der Waals surface area contributed by atoms with Crippen molar-refractivity contribution in [3.63, 3.8) is 0 Å². The lowest BCUT2D eigenvalue weighted by molar-refractivity contribution is 0.388. The molecule has 0 aromatic heterocycles. The Labute approximate surface area is 183 Å². The van der Waals surface area contributed by atoms with Crippen molar-refractivity contribution in [1.29, 1.82) is 0 Å². The van der Waals surface area contributed by atoms with E-state index in [0.29, 0.717) is 24.4 Å². The van der Waals surface area contributed by atoms with Crippen LogP contribution < -0.4 is 9.80 Å². The number of epoxide rings is 4. The van der Waals surface area contributed by atoms with Gasteiger partial charge < -0.3 is 28.7 Å². The zero-order chi connectivity index (χ0) is 20.6. The lowest BCUT2D eigenvalue weighted by Crippen LogP contribution is -2.31. The zero-order valence-electron chi connectivity index (χ0n) is 17.8. The SMILES string of the molecule is c1cc(N(CC2CO2)CC2CO2)ccc1Cc1ccc(N(CC2CO2)C[C@@H]2CO2)cc1. The van der Waals surface area contributed by atoms with Gasteiger partial charge in [0.2, 0.25) is 0 Å². The highest BCUT2D eigenvalue weighted by Gasteiger charge is 2.32. The Morgan fingerprint density at radius 2 is 0.806 bits per heavy atom. The molecule has 4 aliphatic heterocycles. The van der Waals surface area contributed by atoms with Crippen LogP contribution in [0.2, 0.25) is 0 Å².